The van der Waals surface area contributed by atoms with E-state index >= 15 is 0 Å². The van der Waals surface area contributed by atoms with Crippen molar-refractivity contribution in [1.82, 2.24) is 15.1 Å². The minimum Gasteiger partial charge on any atom is -0.494 e. The van der Waals surface area contributed by atoms with E-state index in [9.17, 15) is 9.59 Å². The van der Waals surface area contributed by atoms with Crippen LogP contribution in [0.1, 0.15) is 71.3 Å². The molecule has 9 heteroatoms. The third kappa shape index (κ3) is 10.4. The number of hydrogen-bond donors (Lipinski definition) is 1. The summed E-state index contributed by atoms with van der Waals surface area (Å²) >= 11 is 6.56. The summed E-state index contributed by atoms with van der Waals surface area (Å²) < 4.78 is 11.4. The summed E-state index contributed by atoms with van der Waals surface area (Å²) in [4.78, 5) is 31.2. The van der Waals surface area contributed by atoms with Gasteiger partial charge in [0.25, 0.3) is 0 Å². The third-order valence-corrected chi connectivity index (χ3v) is 8.47. The molecule has 0 spiro atoms. The highest BCUT2D eigenvalue weighted by molar-refractivity contribution is 6.32. The Balaban J connectivity index is 1.39. The van der Waals surface area contributed by atoms with Gasteiger partial charge >= 0.3 is 6.09 Å². The Labute approximate surface area is 257 Å². The van der Waals surface area contributed by atoms with Gasteiger partial charge in [0.1, 0.15) is 5.75 Å². The van der Waals surface area contributed by atoms with Gasteiger partial charge in [-0.05, 0) is 63.3 Å². The van der Waals surface area contributed by atoms with Crippen LogP contribution in [0, 0.1) is 0 Å². The second kappa shape index (κ2) is 17.9. The van der Waals surface area contributed by atoms with E-state index in [-0.39, 0.29) is 12.6 Å². The number of nitrogens with zero attached hydrogens (tertiary/aromatic N) is 3. The third-order valence-electron chi connectivity index (χ3n) is 7.90. The molecule has 0 aliphatic carbocycles. The number of unbranched alkanes of at least 4 members (excludes halogenated alkanes) is 4. The van der Waals surface area contributed by atoms with Crippen molar-refractivity contribution in [2.75, 3.05) is 57.5 Å². The minimum atomic E-state index is -0.494. The van der Waals surface area contributed by atoms with Crippen LogP contribution in [0.3, 0.4) is 0 Å². The lowest BCUT2D eigenvalue weighted by Gasteiger charge is -2.37. The van der Waals surface area contributed by atoms with Gasteiger partial charge in [0.05, 0.1) is 17.3 Å². The van der Waals surface area contributed by atoms with Crippen molar-refractivity contribution in [3.05, 3.63) is 58.8 Å². The number of halogens is 1. The molecule has 0 aromatic heterocycles. The molecule has 8 nitrogen and oxygen atoms in total. The van der Waals surface area contributed by atoms with Crippen LogP contribution in [0.5, 0.6) is 5.75 Å². The van der Waals surface area contributed by atoms with E-state index in [1.807, 2.05) is 31.2 Å². The zero-order chi connectivity index (χ0) is 30.3. The molecular weight excluding hydrogens is 552 g/mol. The van der Waals surface area contributed by atoms with Gasteiger partial charge in [-0.1, -0.05) is 62.6 Å². The van der Waals surface area contributed by atoms with Gasteiger partial charge in [-0.3, -0.25) is 14.6 Å². The summed E-state index contributed by atoms with van der Waals surface area (Å²) in [7, 11) is 0. The van der Waals surface area contributed by atoms with Crippen molar-refractivity contribution >= 4 is 29.3 Å². The predicted molar refractivity (Wildman–Crippen MR) is 171 cm³/mol. The second-order valence-corrected chi connectivity index (χ2v) is 11.4. The molecule has 0 saturated carbocycles. The number of aryl methyl sites for hydroxylation is 1. The Morgan fingerprint density at radius 3 is 2.60 bits per heavy atom. The number of allylic oxidation sites excluding steroid dienone is 5. The number of hydrogen-bond acceptors (Lipinski definition) is 6. The Kier molecular flexibility index (Phi) is 14.3. The SMILES string of the molecule is C=C/C=C(C)\C(Cl)=C(/C)N1CCN(CCCCOc2ccc3c(c2)N(COC(=O)NCCCCCC)C(=O)CC3)CC1. The molecule has 1 aromatic rings. The minimum absolute atomic E-state index is 0.0492. The van der Waals surface area contributed by atoms with Gasteiger partial charge in [0, 0.05) is 50.9 Å². The number of benzene rings is 1. The highest BCUT2D eigenvalue weighted by atomic mass is 35.5. The van der Waals surface area contributed by atoms with Crippen molar-refractivity contribution < 1.29 is 19.1 Å². The fourth-order valence-electron chi connectivity index (χ4n) is 5.27. The van der Waals surface area contributed by atoms with Crippen LogP contribution in [0.15, 0.2) is 53.2 Å². The lowest BCUT2D eigenvalue weighted by Crippen LogP contribution is -2.45. The van der Waals surface area contributed by atoms with Crippen LogP contribution >= 0.6 is 11.6 Å². The molecule has 1 aromatic carbocycles. The van der Waals surface area contributed by atoms with Gasteiger partial charge in [-0.15, -0.1) is 0 Å². The molecule has 2 amide bonds. The van der Waals surface area contributed by atoms with E-state index in [4.69, 9.17) is 21.1 Å². The first-order valence-corrected chi connectivity index (χ1v) is 15.8. The molecule has 0 bridgehead atoms. The molecule has 1 fully saturated rings. The number of fused-ring (bicyclic) bond motifs is 1. The van der Waals surface area contributed by atoms with Crippen LogP contribution < -0.4 is 15.0 Å². The molecule has 3 rings (SSSR count). The lowest BCUT2D eigenvalue weighted by atomic mass is 10.0. The number of carbonyl (C=O) groups is 2. The van der Waals surface area contributed by atoms with Crippen molar-refractivity contribution in [1.29, 1.82) is 0 Å². The standard InChI is InChI=1S/C33H49ClN4O4/c1-5-7-8-9-17-35-33(40)42-25-38-30-24-29(15-13-28(30)14-16-31(38)39)41-23-11-10-18-36-19-21-37(22-20-36)27(4)32(34)26(3)12-6-2/h6,12-13,15,24H,2,5,7-11,14,16-23,25H2,1,3-4H3,(H,35,40)/b26-12-,32-27-. The zero-order valence-electron chi connectivity index (χ0n) is 25.8. The van der Waals surface area contributed by atoms with Crippen molar-refractivity contribution in [3.63, 3.8) is 0 Å². The maximum Gasteiger partial charge on any atom is 0.408 e. The number of ether oxygens (including phenoxy) is 2. The Morgan fingerprint density at radius 1 is 1.07 bits per heavy atom. The van der Waals surface area contributed by atoms with Crippen LogP contribution in [0.4, 0.5) is 10.5 Å². The number of carbonyl (C=O) groups excluding carboxylic acids is 2. The fourth-order valence-corrected chi connectivity index (χ4v) is 5.46. The van der Waals surface area contributed by atoms with Crippen LogP contribution in [0.25, 0.3) is 0 Å². The van der Waals surface area contributed by atoms with E-state index in [0.717, 1.165) is 105 Å². The molecule has 0 unspecified atom stereocenters. The molecule has 42 heavy (non-hydrogen) atoms. The summed E-state index contributed by atoms with van der Waals surface area (Å²) in [6.45, 7) is 16.1. The maximum absolute atomic E-state index is 12.7. The molecule has 1 N–H and O–H groups in total. The molecule has 232 valence electrons. The zero-order valence-corrected chi connectivity index (χ0v) is 26.5. The number of alkyl carbamates (subject to hydrolysis) is 1. The van der Waals surface area contributed by atoms with Gasteiger partial charge < -0.3 is 19.7 Å². The number of nitrogens with one attached hydrogen (secondary N) is 1. The maximum atomic E-state index is 12.7. The smallest absolute Gasteiger partial charge is 0.408 e. The number of rotatable bonds is 16. The summed E-state index contributed by atoms with van der Waals surface area (Å²) in [5.41, 5.74) is 3.98. The molecule has 2 aliphatic heterocycles. The predicted octanol–water partition coefficient (Wildman–Crippen LogP) is 6.61. The normalized spacial score (nSPS) is 16.6. The number of amides is 2. The second-order valence-electron chi connectivity index (χ2n) is 11.0. The average Bonchev–Trinajstić information content (AvgIpc) is 3.00. The van der Waals surface area contributed by atoms with Crippen LogP contribution in [0.2, 0.25) is 0 Å². The Bertz CT molecular complexity index is 1110. The van der Waals surface area contributed by atoms with Gasteiger partial charge in [-0.2, -0.15) is 0 Å². The molecule has 2 aliphatic rings. The molecule has 2 heterocycles. The number of piperazine rings is 1. The summed E-state index contributed by atoms with van der Waals surface area (Å²) in [6, 6.07) is 5.86. The highest BCUT2D eigenvalue weighted by Crippen LogP contribution is 2.31. The van der Waals surface area contributed by atoms with Gasteiger partial charge in [0.15, 0.2) is 6.73 Å². The first-order chi connectivity index (χ1) is 20.3. The van der Waals surface area contributed by atoms with E-state index in [2.05, 4.69) is 35.5 Å². The average molecular weight is 601 g/mol. The van der Waals surface area contributed by atoms with E-state index in [1.165, 1.54) is 0 Å². The summed E-state index contributed by atoms with van der Waals surface area (Å²) in [5.74, 6) is 0.675. The first-order valence-electron chi connectivity index (χ1n) is 15.4. The molecule has 0 radical (unpaired) electrons. The molecular formula is C33H49ClN4O4. The monoisotopic (exact) mass is 600 g/mol. The Morgan fingerprint density at radius 2 is 1.86 bits per heavy atom. The van der Waals surface area contributed by atoms with Gasteiger partial charge in [-0.25, -0.2) is 4.79 Å². The quantitative estimate of drug-likeness (QED) is 0.170. The first kappa shape index (κ1) is 33.5. The largest absolute Gasteiger partial charge is 0.494 e. The topological polar surface area (TPSA) is 74.3 Å². The van der Waals surface area contributed by atoms with E-state index in [0.29, 0.717) is 26.0 Å². The van der Waals surface area contributed by atoms with Crippen LogP contribution in [-0.4, -0.2) is 74.4 Å². The number of anilines is 1. The van der Waals surface area contributed by atoms with E-state index < -0.39 is 6.09 Å². The summed E-state index contributed by atoms with van der Waals surface area (Å²) in [6.07, 6.45) is 10.6. The van der Waals surface area contributed by atoms with Crippen molar-refractivity contribution in [3.8, 4) is 5.75 Å². The fraction of sp³-hybridized carbons (Fsp3) is 0.576. The highest BCUT2D eigenvalue weighted by Gasteiger charge is 2.26. The van der Waals surface area contributed by atoms with Gasteiger partial charge in [0.2, 0.25) is 5.91 Å². The van der Waals surface area contributed by atoms with Crippen molar-refractivity contribution in [2.45, 2.75) is 72.1 Å². The lowest BCUT2D eigenvalue weighted by molar-refractivity contribution is -0.119. The summed E-state index contributed by atoms with van der Waals surface area (Å²) in [5, 5.41) is 3.58. The molecule has 1 saturated heterocycles. The van der Waals surface area contributed by atoms with Crippen molar-refractivity contribution in [2.24, 2.45) is 0 Å². The van der Waals surface area contributed by atoms with E-state index in [1.54, 1.807) is 11.0 Å². The molecule has 0 atom stereocenters. The Hall–Kier alpha value is -2.97. The van der Waals surface area contributed by atoms with Crippen LogP contribution in [-0.2, 0) is 16.0 Å².